The van der Waals surface area contributed by atoms with E-state index < -0.39 is 0 Å². The molecule has 3 fully saturated rings. The largest absolute Gasteiger partial charge is 0.335 e. The molecule has 162 valence electrons. The molecule has 3 amide bonds. The second-order valence-corrected chi connectivity index (χ2v) is 8.13. The van der Waals surface area contributed by atoms with Crippen LogP contribution >= 0.6 is 12.4 Å². The molecule has 0 atom stereocenters. The quantitative estimate of drug-likeness (QED) is 0.763. The second-order valence-electron chi connectivity index (χ2n) is 8.13. The summed E-state index contributed by atoms with van der Waals surface area (Å²) >= 11 is 0. The van der Waals surface area contributed by atoms with E-state index in [0.29, 0.717) is 44.0 Å². The molecule has 0 radical (unpaired) electrons. The van der Waals surface area contributed by atoms with Gasteiger partial charge in [0.2, 0.25) is 0 Å². The maximum Gasteiger partial charge on any atom is 0.317 e. The first kappa shape index (κ1) is 21.8. The Morgan fingerprint density at radius 2 is 1.62 bits per heavy atom. The molecule has 4 rings (SSSR count). The zero-order valence-electron chi connectivity index (χ0n) is 16.9. The second kappa shape index (κ2) is 10.2. The van der Waals surface area contributed by atoms with Crippen LogP contribution in [0, 0.1) is 0 Å². The van der Waals surface area contributed by atoms with Gasteiger partial charge in [0, 0.05) is 32.2 Å². The molecule has 9 nitrogen and oxygen atoms in total. The van der Waals surface area contributed by atoms with Crippen LogP contribution in [-0.4, -0.2) is 82.0 Å². The zero-order valence-corrected chi connectivity index (χ0v) is 17.7. The van der Waals surface area contributed by atoms with E-state index in [0.717, 1.165) is 38.8 Å². The van der Waals surface area contributed by atoms with Gasteiger partial charge in [-0.25, -0.2) is 9.48 Å². The number of nitrogens with zero attached hydrogens (tertiary/aromatic N) is 5. The number of nitrogens with one attached hydrogen (secondary N) is 2. The number of piperazine rings is 1. The lowest BCUT2D eigenvalue weighted by molar-refractivity contribution is 0.0656. The average molecular weight is 426 g/mol. The van der Waals surface area contributed by atoms with Gasteiger partial charge in [0.15, 0.2) is 5.69 Å². The molecule has 0 aromatic carbocycles. The van der Waals surface area contributed by atoms with Crippen molar-refractivity contribution < 1.29 is 9.59 Å². The van der Waals surface area contributed by atoms with Crippen molar-refractivity contribution in [2.75, 3.05) is 39.3 Å². The molecule has 3 aliphatic rings. The van der Waals surface area contributed by atoms with Crippen LogP contribution in [0.1, 0.15) is 61.5 Å². The number of amides is 3. The highest BCUT2D eigenvalue weighted by Gasteiger charge is 2.28. The van der Waals surface area contributed by atoms with E-state index >= 15 is 0 Å². The van der Waals surface area contributed by atoms with Crippen molar-refractivity contribution in [2.24, 2.45) is 0 Å². The summed E-state index contributed by atoms with van der Waals surface area (Å²) in [6.45, 7) is 4.14. The molecule has 1 aromatic rings. The van der Waals surface area contributed by atoms with Crippen molar-refractivity contribution in [1.29, 1.82) is 0 Å². The Hall–Kier alpha value is -1.87. The number of aromatic nitrogens is 3. The lowest BCUT2D eigenvalue weighted by Gasteiger charge is -2.35. The SMILES string of the molecule is Cl.O=C(NC1CCCCC1)N1CCN(C(=O)c2cn(C3CCNCC3)nn2)CC1. The van der Waals surface area contributed by atoms with Gasteiger partial charge in [0.25, 0.3) is 5.91 Å². The summed E-state index contributed by atoms with van der Waals surface area (Å²) in [4.78, 5) is 28.8. The molecule has 2 aliphatic heterocycles. The van der Waals surface area contributed by atoms with Crippen molar-refractivity contribution in [1.82, 2.24) is 35.4 Å². The molecule has 0 bridgehead atoms. The molecule has 1 saturated carbocycles. The molecular formula is C19H32ClN7O2. The molecule has 10 heteroatoms. The predicted molar refractivity (Wildman–Crippen MR) is 111 cm³/mol. The summed E-state index contributed by atoms with van der Waals surface area (Å²) in [5.41, 5.74) is 0.402. The Morgan fingerprint density at radius 3 is 2.31 bits per heavy atom. The Kier molecular flexibility index (Phi) is 7.71. The highest BCUT2D eigenvalue weighted by atomic mass is 35.5. The van der Waals surface area contributed by atoms with Crippen molar-refractivity contribution in [3.8, 4) is 0 Å². The zero-order chi connectivity index (χ0) is 19.3. The Balaban J connectivity index is 0.00000240. The van der Waals surface area contributed by atoms with Gasteiger partial charge in [-0.1, -0.05) is 24.5 Å². The monoisotopic (exact) mass is 425 g/mol. The van der Waals surface area contributed by atoms with E-state index in [1.807, 2.05) is 9.58 Å². The van der Waals surface area contributed by atoms with E-state index in [1.54, 1.807) is 11.1 Å². The third kappa shape index (κ3) is 5.39. The highest BCUT2D eigenvalue weighted by molar-refractivity contribution is 5.92. The summed E-state index contributed by atoms with van der Waals surface area (Å²) < 4.78 is 1.84. The van der Waals surface area contributed by atoms with E-state index in [-0.39, 0.29) is 24.3 Å². The highest BCUT2D eigenvalue weighted by Crippen LogP contribution is 2.19. The van der Waals surface area contributed by atoms with Crippen molar-refractivity contribution in [2.45, 2.75) is 57.0 Å². The van der Waals surface area contributed by atoms with Crippen molar-refractivity contribution in [3.63, 3.8) is 0 Å². The number of hydrogen-bond acceptors (Lipinski definition) is 5. The van der Waals surface area contributed by atoms with Gasteiger partial charge in [0.1, 0.15) is 0 Å². The number of piperidine rings is 1. The van der Waals surface area contributed by atoms with E-state index in [1.165, 1.54) is 19.3 Å². The van der Waals surface area contributed by atoms with E-state index in [9.17, 15) is 9.59 Å². The lowest BCUT2D eigenvalue weighted by atomic mass is 9.96. The standard InChI is InChI=1S/C19H31N7O2.ClH/c27-18(17-14-26(23-22-17)16-6-8-20-9-7-16)24-10-12-25(13-11-24)19(28)21-15-4-2-1-3-5-15;/h14-16,20H,1-13H2,(H,21,28);1H. The van der Waals surface area contributed by atoms with Gasteiger partial charge in [0.05, 0.1) is 12.2 Å². The minimum atomic E-state index is -0.0903. The first-order valence-corrected chi connectivity index (χ1v) is 10.7. The normalized spacial score (nSPS) is 21.5. The first-order valence-electron chi connectivity index (χ1n) is 10.7. The molecule has 1 aromatic heterocycles. The van der Waals surface area contributed by atoms with Gasteiger partial charge in [-0.3, -0.25) is 4.79 Å². The van der Waals surface area contributed by atoms with Gasteiger partial charge in [-0.15, -0.1) is 17.5 Å². The third-order valence-electron chi connectivity index (χ3n) is 6.20. The van der Waals surface area contributed by atoms with E-state index in [2.05, 4.69) is 20.9 Å². The van der Waals surface area contributed by atoms with Gasteiger partial charge in [-0.05, 0) is 38.8 Å². The maximum absolute atomic E-state index is 12.8. The van der Waals surface area contributed by atoms with Crippen LogP contribution in [0.3, 0.4) is 0 Å². The number of urea groups is 1. The van der Waals surface area contributed by atoms with Gasteiger partial charge in [-0.2, -0.15) is 0 Å². The third-order valence-corrected chi connectivity index (χ3v) is 6.20. The Bertz CT molecular complexity index is 678. The number of hydrogen-bond donors (Lipinski definition) is 2. The summed E-state index contributed by atoms with van der Waals surface area (Å²) in [5.74, 6) is -0.0903. The number of rotatable bonds is 3. The maximum atomic E-state index is 12.8. The van der Waals surface area contributed by atoms with Crippen LogP contribution in [0.2, 0.25) is 0 Å². The molecule has 0 spiro atoms. The molecule has 1 aliphatic carbocycles. The number of carbonyl (C=O) groups is 2. The molecule has 3 heterocycles. The summed E-state index contributed by atoms with van der Waals surface area (Å²) in [7, 11) is 0. The molecule has 0 unspecified atom stereocenters. The van der Waals surface area contributed by atoms with E-state index in [4.69, 9.17) is 0 Å². The van der Waals surface area contributed by atoms with Crippen LogP contribution in [0.25, 0.3) is 0 Å². The molecule has 2 N–H and O–H groups in total. The van der Waals surface area contributed by atoms with Gasteiger partial charge < -0.3 is 20.4 Å². The minimum absolute atomic E-state index is 0. The fraction of sp³-hybridized carbons (Fsp3) is 0.789. The van der Waals surface area contributed by atoms with Crippen LogP contribution in [0.4, 0.5) is 4.79 Å². The number of halogens is 1. The predicted octanol–water partition coefficient (Wildman–Crippen LogP) is 1.42. The van der Waals surface area contributed by atoms with Crippen LogP contribution < -0.4 is 10.6 Å². The van der Waals surface area contributed by atoms with Crippen LogP contribution in [-0.2, 0) is 0 Å². The Labute approximate surface area is 178 Å². The summed E-state index contributed by atoms with van der Waals surface area (Å²) in [6, 6.07) is 0.636. The van der Waals surface area contributed by atoms with Crippen molar-refractivity contribution in [3.05, 3.63) is 11.9 Å². The molecule has 29 heavy (non-hydrogen) atoms. The first-order chi connectivity index (χ1) is 13.7. The van der Waals surface area contributed by atoms with Crippen molar-refractivity contribution >= 4 is 24.3 Å². The lowest BCUT2D eigenvalue weighted by Crippen LogP contribution is -2.54. The Morgan fingerprint density at radius 1 is 0.966 bits per heavy atom. The summed E-state index contributed by atoms with van der Waals surface area (Å²) in [5, 5.41) is 14.8. The van der Waals surface area contributed by atoms with Gasteiger partial charge >= 0.3 is 6.03 Å². The molecular weight excluding hydrogens is 394 g/mol. The summed E-state index contributed by atoms with van der Waals surface area (Å²) in [6.07, 6.45) is 9.62. The average Bonchev–Trinajstić information content (AvgIpc) is 3.25. The molecule has 2 saturated heterocycles. The number of carbonyl (C=O) groups excluding carboxylic acids is 2. The topological polar surface area (TPSA) is 95.4 Å². The minimum Gasteiger partial charge on any atom is -0.335 e. The van der Waals surface area contributed by atoms with Crippen LogP contribution in [0.15, 0.2) is 6.20 Å². The van der Waals surface area contributed by atoms with Crippen LogP contribution in [0.5, 0.6) is 0 Å². The fourth-order valence-electron chi connectivity index (χ4n) is 4.41. The fourth-order valence-corrected chi connectivity index (χ4v) is 4.41. The smallest absolute Gasteiger partial charge is 0.317 e.